The molecule has 0 fully saturated rings. The molecule has 0 aliphatic rings. The van der Waals surface area contributed by atoms with E-state index in [1.165, 1.54) is 6.92 Å². The average Bonchev–Trinajstić information content (AvgIpc) is 2.00. The van der Waals surface area contributed by atoms with Gasteiger partial charge in [0.2, 0.25) is 0 Å². The molecule has 0 saturated carbocycles. The van der Waals surface area contributed by atoms with E-state index >= 15 is 0 Å². The highest BCUT2D eigenvalue weighted by Gasteiger charge is 2.11. The van der Waals surface area contributed by atoms with Crippen molar-refractivity contribution in [1.29, 1.82) is 0 Å². The van der Waals surface area contributed by atoms with Crippen LogP contribution in [0.4, 0.5) is 0 Å². The van der Waals surface area contributed by atoms with Crippen LogP contribution in [0.2, 0.25) is 0 Å². The van der Waals surface area contributed by atoms with Crippen molar-refractivity contribution in [3.05, 3.63) is 0 Å². The Morgan fingerprint density at radius 3 is 2.50 bits per heavy atom. The first-order valence-electron chi connectivity index (χ1n) is 3.94. The van der Waals surface area contributed by atoms with Crippen LogP contribution in [0.15, 0.2) is 0 Å². The van der Waals surface area contributed by atoms with Crippen LogP contribution in [-0.4, -0.2) is 29.6 Å². The van der Waals surface area contributed by atoms with Gasteiger partial charge in [0, 0.05) is 6.42 Å². The number of carbonyl (C=O) groups is 2. The largest absolute Gasteiger partial charge is 0.458 e. The predicted octanol–water partition coefficient (Wildman–Crippen LogP) is 0.280. The van der Waals surface area contributed by atoms with Crippen molar-refractivity contribution in [2.45, 2.75) is 32.8 Å². The van der Waals surface area contributed by atoms with Crippen LogP contribution in [0.1, 0.15) is 26.7 Å². The summed E-state index contributed by atoms with van der Waals surface area (Å²) in [5.74, 6) is -0.869. The Morgan fingerprint density at radius 2 is 2.08 bits per heavy atom. The SMILES string of the molecule is CCCC(=O)OCC(=O)C(C)O. The maximum Gasteiger partial charge on any atom is 0.306 e. The molecule has 1 unspecified atom stereocenters. The van der Waals surface area contributed by atoms with Crippen molar-refractivity contribution in [2.24, 2.45) is 0 Å². The van der Waals surface area contributed by atoms with Gasteiger partial charge in [-0.05, 0) is 13.3 Å². The second-order valence-electron chi connectivity index (χ2n) is 2.55. The number of carbonyl (C=O) groups excluding carboxylic acids is 2. The Balaban J connectivity index is 3.54. The topological polar surface area (TPSA) is 63.6 Å². The normalized spacial score (nSPS) is 12.2. The second-order valence-corrected chi connectivity index (χ2v) is 2.55. The number of Topliss-reactive ketones (excluding diaryl/α,β-unsaturated/α-hetero) is 1. The molecule has 70 valence electrons. The molecule has 0 rings (SSSR count). The molecule has 0 amide bonds. The summed E-state index contributed by atoms with van der Waals surface area (Å²) in [5.41, 5.74) is 0. The van der Waals surface area contributed by atoms with Gasteiger partial charge >= 0.3 is 5.97 Å². The van der Waals surface area contributed by atoms with E-state index in [0.29, 0.717) is 12.8 Å². The molecule has 1 atom stereocenters. The maximum absolute atomic E-state index is 10.7. The number of esters is 1. The summed E-state index contributed by atoms with van der Waals surface area (Å²) in [6.07, 6.45) is -0.0474. The second kappa shape index (κ2) is 5.71. The van der Waals surface area contributed by atoms with Gasteiger partial charge in [0.15, 0.2) is 12.4 Å². The van der Waals surface area contributed by atoms with E-state index in [2.05, 4.69) is 4.74 Å². The number of rotatable bonds is 5. The molecule has 4 nitrogen and oxygen atoms in total. The van der Waals surface area contributed by atoms with E-state index in [1.54, 1.807) is 0 Å². The lowest BCUT2D eigenvalue weighted by molar-refractivity contribution is -0.149. The third-order valence-corrected chi connectivity index (χ3v) is 1.30. The van der Waals surface area contributed by atoms with Gasteiger partial charge in [-0.15, -0.1) is 0 Å². The molecular formula is C8H14O4. The molecule has 1 N–H and O–H groups in total. The minimum atomic E-state index is -1.06. The zero-order valence-electron chi connectivity index (χ0n) is 7.37. The van der Waals surface area contributed by atoms with E-state index in [9.17, 15) is 9.59 Å². The first kappa shape index (κ1) is 11.1. The van der Waals surface area contributed by atoms with Crippen LogP contribution in [0.3, 0.4) is 0 Å². The third-order valence-electron chi connectivity index (χ3n) is 1.30. The van der Waals surface area contributed by atoms with Crippen LogP contribution in [0, 0.1) is 0 Å². The Bertz CT molecular complexity index is 162. The molecule has 0 spiro atoms. The fraction of sp³-hybridized carbons (Fsp3) is 0.750. The van der Waals surface area contributed by atoms with Crippen molar-refractivity contribution in [3.8, 4) is 0 Å². The van der Waals surface area contributed by atoms with Gasteiger partial charge in [0.1, 0.15) is 6.10 Å². The molecule has 0 radical (unpaired) electrons. The van der Waals surface area contributed by atoms with Crippen molar-refractivity contribution in [2.75, 3.05) is 6.61 Å². The van der Waals surface area contributed by atoms with Gasteiger partial charge in [0.05, 0.1) is 0 Å². The first-order valence-corrected chi connectivity index (χ1v) is 3.94. The van der Waals surface area contributed by atoms with Gasteiger partial charge in [0.25, 0.3) is 0 Å². The lowest BCUT2D eigenvalue weighted by Crippen LogP contribution is -2.23. The van der Waals surface area contributed by atoms with Gasteiger partial charge in [-0.3, -0.25) is 9.59 Å². The number of aliphatic hydroxyl groups is 1. The Hall–Kier alpha value is -0.900. The van der Waals surface area contributed by atoms with Gasteiger partial charge in [-0.2, -0.15) is 0 Å². The zero-order valence-corrected chi connectivity index (χ0v) is 7.37. The lowest BCUT2D eigenvalue weighted by Gasteiger charge is -2.04. The molecule has 0 aliphatic carbocycles. The lowest BCUT2D eigenvalue weighted by atomic mass is 10.3. The average molecular weight is 174 g/mol. The van der Waals surface area contributed by atoms with Crippen molar-refractivity contribution >= 4 is 11.8 Å². The Kier molecular flexibility index (Phi) is 5.28. The fourth-order valence-corrected chi connectivity index (χ4v) is 0.549. The predicted molar refractivity (Wildman–Crippen MR) is 42.6 cm³/mol. The monoisotopic (exact) mass is 174 g/mol. The van der Waals surface area contributed by atoms with Gasteiger partial charge in [-0.1, -0.05) is 6.92 Å². The van der Waals surface area contributed by atoms with Crippen LogP contribution in [0.5, 0.6) is 0 Å². The van der Waals surface area contributed by atoms with Crippen molar-refractivity contribution < 1.29 is 19.4 Å². The van der Waals surface area contributed by atoms with Crippen molar-refractivity contribution in [1.82, 2.24) is 0 Å². The molecule has 0 aliphatic heterocycles. The van der Waals surface area contributed by atoms with E-state index in [-0.39, 0.29) is 6.61 Å². The zero-order chi connectivity index (χ0) is 9.56. The summed E-state index contributed by atoms with van der Waals surface area (Å²) >= 11 is 0. The highest BCUT2D eigenvalue weighted by atomic mass is 16.5. The Labute approximate surface area is 71.5 Å². The van der Waals surface area contributed by atoms with Crippen LogP contribution >= 0.6 is 0 Å². The van der Waals surface area contributed by atoms with Gasteiger partial charge in [-0.25, -0.2) is 0 Å². The molecule has 4 heteroatoms. The van der Waals surface area contributed by atoms with E-state index in [4.69, 9.17) is 5.11 Å². The van der Waals surface area contributed by atoms with Crippen LogP contribution < -0.4 is 0 Å². The minimum absolute atomic E-state index is 0.313. The molecule has 0 aromatic carbocycles. The summed E-state index contributed by atoms with van der Waals surface area (Å²) in [4.78, 5) is 21.4. The highest BCUT2D eigenvalue weighted by Crippen LogP contribution is 1.92. The maximum atomic E-state index is 10.7. The van der Waals surface area contributed by atoms with E-state index in [0.717, 1.165) is 0 Å². The molecular weight excluding hydrogens is 160 g/mol. The molecule has 0 heterocycles. The number of aliphatic hydroxyl groups excluding tert-OH is 1. The summed E-state index contributed by atoms with van der Waals surface area (Å²) < 4.78 is 4.56. The Morgan fingerprint density at radius 1 is 1.50 bits per heavy atom. The van der Waals surface area contributed by atoms with Crippen LogP contribution in [-0.2, 0) is 14.3 Å². The molecule has 0 aromatic rings. The minimum Gasteiger partial charge on any atom is -0.458 e. The molecule has 0 aromatic heterocycles. The van der Waals surface area contributed by atoms with Gasteiger partial charge < -0.3 is 9.84 Å². The first-order chi connectivity index (χ1) is 5.57. The van der Waals surface area contributed by atoms with Crippen LogP contribution in [0.25, 0.3) is 0 Å². The molecule has 0 saturated heterocycles. The number of ketones is 1. The summed E-state index contributed by atoms with van der Waals surface area (Å²) in [7, 11) is 0. The van der Waals surface area contributed by atoms with Crippen molar-refractivity contribution in [3.63, 3.8) is 0 Å². The number of hydrogen-bond donors (Lipinski definition) is 1. The third kappa shape index (κ3) is 4.85. The summed E-state index contributed by atoms with van der Waals surface area (Å²) in [5, 5.41) is 8.72. The smallest absolute Gasteiger partial charge is 0.306 e. The standard InChI is InChI=1S/C8H14O4/c1-3-4-8(11)12-5-7(10)6(2)9/h6,9H,3-5H2,1-2H3. The fourth-order valence-electron chi connectivity index (χ4n) is 0.549. The summed E-state index contributed by atoms with van der Waals surface area (Å²) in [6, 6.07) is 0. The van der Waals surface area contributed by atoms with E-state index < -0.39 is 17.9 Å². The molecule has 0 bridgehead atoms. The highest BCUT2D eigenvalue weighted by molar-refractivity contribution is 5.85. The quantitative estimate of drug-likeness (QED) is 0.608. The summed E-state index contributed by atoms with van der Waals surface area (Å²) in [6.45, 7) is 2.87. The number of hydrogen-bond acceptors (Lipinski definition) is 4. The number of ether oxygens (including phenoxy) is 1. The van der Waals surface area contributed by atoms with E-state index in [1.807, 2.05) is 6.92 Å². The molecule has 12 heavy (non-hydrogen) atoms.